The molecule has 3 aromatic rings. The summed E-state index contributed by atoms with van der Waals surface area (Å²) in [6.07, 6.45) is 2.44. The molecule has 0 spiro atoms. The minimum Gasteiger partial charge on any atom is -0.382 e. The fraction of sp³-hybridized carbons (Fsp3) is 0.167. The van der Waals surface area contributed by atoms with E-state index in [1.165, 1.54) is 24.5 Å². The fourth-order valence-electron chi connectivity index (χ4n) is 2.99. The van der Waals surface area contributed by atoms with Gasteiger partial charge in [-0.25, -0.2) is 19.3 Å². The number of alkyl halides is 3. The van der Waals surface area contributed by atoms with Gasteiger partial charge in [-0.05, 0) is 35.4 Å². The third kappa shape index (κ3) is 7.10. The van der Waals surface area contributed by atoms with Crippen LogP contribution in [-0.4, -0.2) is 39.9 Å². The van der Waals surface area contributed by atoms with Crippen LogP contribution in [0.4, 0.5) is 29.3 Å². The molecule has 1 amide bonds. The van der Waals surface area contributed by atoms with Gasteiger partial charge in [0.1, 0.15) is 11.6 Å². The van der Waals surface area contributed by atoms with Crippen molar-refractivity contribution in [3.8, 4) is 11.1 Å². The topological polar surface area (TPSA) is 83.0 Å². The summed E-state index contributed by atoms with van der Waals surface area (Å²) in [5, 5.41) is 5.26. The molecule has 0 aliphatic heterocycles. The van der Waals surface area contributed by atoms with Crippen LogP contribution in [0.5, 0.6) is 0 Å². The van der Waals surface area contributed by atoms with E-state index in [1.54, 1.807) is 18.3 Å². The smallest absolute Gasteiger partial charge is 0.382 e. The summed E-state index contributed by atoms with van der Waals surface area (Å²) in [7, 11) is 3.72. The molecule has 2 aromatic heterocycles. The molecule has 0 atom stereocenters. The molecule has 0 fully saturated rings. The number of allylic oxidation sites excluding steroid dienone is 1. The van der Waals surface area contributed by atoms with Crippen molar-refractivity contribution in [2.45, 2.75) is 12.6 Å². The maximum Gasteiger partial charge on any atom is 0.416 e. The SMILES string of the molecule is C=C/C(=C\N(C)C)Nc1ncc(-c2ccc(CC(=O)Nc3cc(C(F)(F)F)ccn3)c(F)c2)cn1. The van der Waals surface area contributed by atoms with Crippen LogP contribution in [0.1, 0.15) is 11.1 Å². The van der Waals surface area contributed by atoms with Crippen molar-refractivity contribution in [2.75, 3.05) is 24.7 Å². The Kier molecular flexibility index (Phi) is 7.80. The van der Waals surface area contributed by atoms with E-state index in [9.17, 15) is 22.4 Å². The second-order valence-electron chi connectivity index (χ2n) is 7.63. The summed E-state index contributed by atoms with van der Waals surface area (Å²) in [4.78, 5) is 26.2. The summed E-state index contributed by atoms with van der Waals surface area (Å²) in [6.45, 7) is 3.72. The Morgan fingerprint density at radius 3 is 2.37 bits per heavy atom. The molecule has 0 aliphatic rings. The normalized spacial score (nSPS) is 11.7. The molecule has 2 heterocycles. The van der Waals surface area contributed by atoms with E-state index in [0.29, 0.717) is 28.8 Å². The van der Waals surface area contributed by atoms with Gasteiger partial charge in [-0.15, -0.1) is 0 Å². The minimum absolute atomic E-state index is 0.0712. The van der Waals surface area contributed by atoms with Crippen molar-refractivity contribution < 1.29 is 22.4 Å². The highest BCUT2D eigenvalue weighted by Crippen LogP contribution is 2.30. The maximum atomic E-state index is 14.7. The average Bonchev–Trinajstić information content (AvgIpc) is 2.80. The van der Waals surface area contributed by atoms with Crippen LogP contribution in [-0.2, 0) is 17.4 Å². The van der Waals surface area contributed by atoms with Crippen LogP contribution in [0.2, 0.25) is 0 Å². The summed E-state index contributed by atoms with van der Waals surface area (Å²) in [5.41, 5.74) is 0.857. The second-order valence-corrected chi connectivity index (χ2v) is 7.63. The van der Waals surface area contributed by atoms with E-state index in [2.05, 4.69) is 32.2 Å². The number of halogens is 4. The summed E-state index contributed by atoms with van der Waals surface area (Å²) < 4.78 is 53.1. The quantitative estimate of drug-likeness (QED) is 0.349. The van der Waals surface area contributed by atoms with Crippen molar-refractivity contribution in [1.29, 1.82) is 0 Å². The molecule has 7 nitrogen and oxygen atoms in total. The molecule has 11 heteroatoms. The van der Waals surface area contributed by atoms with Gasteiger partial charge in [0.2, 0.25) is 11.9 Å². The predicted molar refractivity (Wildman–Crippen MR) is 125 cm³/mol. The van der Waals surface area contributed by atoms with Gasteiger partial charge < -0.3 is 15.5 Å². The van der Waals surface area contributed by atoms with Crippen molar-refractivity contribution in [1.82, 2.24) is 19.9 Å². The number of pyridine rings is 1. The van der Waals surface area contributed by atoms with Gasteiger partial charge in [-0.1, -0.05) is 18.7 Å². The molecular weight excluding hydrogens is 464 g/mol. The Labute approximate surface area is 199 Å². The maximum absolute atomic E-state index is 14.7. The Morgan fingerprint density at radius 2 is 1.77 bits per heavy atom. The number of carbonyl (C=O) groups is 1. The van der Waals surface area contributed by atoms with Crippen molar-refractivity contribution in [2.24, 2.45) is 0 Å². The van der Waals surface area contributed by atoms with E-state index in [1.807, 2.05) is 19.0 Å². The van der Waals surface area contributed by atoms with Gasteiger partial charge >= 0.3 is 6.18 Å². The molecule has 0 radical (unpaired) electrons. The van der Waals surface area contributed by atoms with Crippen LogP contribution in [0.25, 0.3) is 11.1 Å². The predicted octanol–water partition coefficient (Wildman–Crippen LogP) is 4.88. The zero-order chi connectivity index (χ0) is 25.6. The van der Waals surface area contributed by atoms with E-state index in [-0.39, 0.29) is 17.8 Å². The lowest BCUT2D eigenvalue weighted by molar-refractivity contribution is -0.137. The number of carbonyl (C=O) groups excluding carboxylic acids is 1. The lowest BCUT2D eigenvalue weighted by Crippen LogP contribution is -2.17. The number of rotatable bonds is 8. The van der Waals surface area contributed by atoms with Gasteiger partial charge in [0, 0.05) is 44.4 Å². The molecular formula is C24H22F4N6O. The van der Waals surface area contributed by atoms with Crippen LogP contribution in [0.3, 0.4) is 0 Å². The number of nitrogens with zero attached hydrogens (tertiary/aromatic N) is 4. The van der Waals surface area contributed by atoms with E-state index < -0.39 is 23.5 Å². The molecule has 2 N–H and O–H groups in total. The molecule has 0 saturated carbocycles. The van der Waals surface area contributed by atoms with Crippen LogP contribution >= 0.6 is 0 Å². The van der Waals surface area contributed by atoms with Crippen LogP contribution in [0.15, 0.2) is 73.5 Å². The molecule has 0 unspecified atom stereocenters. The van der Waals surface area contributed by atoms with E-state index in [4.69, 9.17) is 0 Å². The van der Waals surface area contributed by atoms with Gasteiger partial charge in [0.15, 0.2) is 0 Å². The monoisotopic (exact) mass is 486 g/mol. The summed E-state index contributed by atoms with van der Waals surface area (Å²) in [6, 6.07) is 5.76. The number of amides is 1. The molecule has 182 valence electrons. The Morgan fingerprint density at radius 1 is 1.06 bits per heavy atom. The standard InChI is InChI=1S/C24H22F4N6O/c1-4-19(14-34(2)3)32-23-30-12-17(13-31-23)15-5-6-16(20(25)9-15)10-22(35)33-21-11-18(7-8-29-21)24(26,27)28/h4-9,11-14H,1,10H2,2-3H3,(H,29,33,35)(H,30,31,32)/b19-14+. The number of hydrogen-bond donors (Lipinski definition) is 2. The number of benzene rings is 1. The van der Waals surface area contributed by atoms with Gasteiger partial charge in [0.05, 0.1) is 17.7 Å². The van der Waals surface area contributed by atoms with Crippen molar-refractivity contribution >= 4 is 17.7 Å². The third-order valence-corrected chi connectivity index (χ3v) is 4.62. The van der Waals surface area contributed by atoms with Gasteiger partial charge in [-0.2, -0.15) is 13.2 Å². The first-order valence-electron chi connectivity index (χ1n) is 10.3. The van der Waals surface area contributed by atoms with Gasteiger partial charge in [-0.3, -0.25) is 4.79 Å². The molecule has 35 heavy (non-hydrogen) atoms. The highest BCUT2D eigenvalue weighted by molar-refractivity contribution is 5.91. The molecule has 0 saturated heterocycles. The Bertz CT molecular complexity index is 1240. The summed E-state index contributed by atoms with van der Waals surface area (Å²) >= 11 is 0. The zero-order valence-electron chi connectivity index (χ0n) is 18.9. The lowest BCUT2D eigenvalue weighted by atomic mass is 10.0. The Balaban J connectivity index is 1.67. The highest BCUT2D eigenvalue weighted by atomic mass is 19.4. The first-order valence-corrected chi connectivity index (χ1v) is 10.3. The molecule has 1 aromatic carbocycles. The third-order valence-electron chi connectivity index (χ3n) is 4.62. The van der Waals surface area contributed by atoms with E-state index >= 15 is 0 Å². The largest absolute Gasteiger partial charge is 0.416 e. The lowest BCUT2D eigenvalue weighted by Gasteiger charge is -2.11. The average molecular weight is 486 g/mol. The highest BCUT2D eigenvalue weighted by Gasteiger charge is 2.30. The minimum atomic E-state index is -4.57. The first kappa shape index (κ1) is 25.3. The second kappa shape index (κ2) is 10.8. The van der Waals surface area contributed by atoms with Crippen LogP contribution in [0, 0.1) is 5.82 Å². The van der Waals surface area contributed by atoms with Crippen LogP contribution < -0.4 is 10.6 Å². The van der Waals surface area contributed by atoms with E-state index in [0.717, 1.165) is 12.3 Å². The zero-order valence-corrected chi connectivity index (χ0v) is 18.9. The Hall–Kier alpha value is -4.28. The number of nitrogens with one attached hydrogen (secondary N) is 2. The van der Waals surface area contributed by atoms with Gasteiger partial charge in [0.25, 0.3) is 0 Å². The number of anilines is 2. The fourth-order valence-corrected chi connectivity index (χ4v) is 2.99. The first-order chi connectivity index (χ1) is 16.5. The molecule has 3 rings (SSSR count). The number of hydrogen-bond acceptors (Lipinski definition) is 6. The summed E-state index contributed by atoms with van der Waals surface area (Å²) in [5.74, 6) is -1.29. The molecule has 0 aliphatic carbocycles. The van der Waals surface area contributed by atoms with Crippen molar-refractivity contribution in [3.05, 3.63) is 90.4 Å². The number of aromatic nitrogens is 3. The van der Waals surface area contributed by atoms with Crippen molar-refractivity contribution in [3.63, 3.8) is 0 Å². The molecule has 0 bridgehead atoms.